The normalized spacial score (nSPS) is 19.2. The zero-order valence-electron chi connectivity index (χ0n) is 13.4. The highest BCUT2D eigenvalue weighted by molar-refractivity contribution is 5.41. The molecular weight excluding hydrogens is 264 g/mol. The van der Waals surface area contributed by atoms with Crippen molar-refractivity contribution in [2.24, 2.45) is 0 Å². The number of methoxy groups -OCH3 is 1. The van der Waals surface area contributed by atoms with E-state index in [1.165, 1.54) is 24.8 Å². The number of piperidine rings is 1. The molecule has 1 aromatic rings. The van der Waals surface area contributed by atoms with Crippen LogP contribution in [-0.4, -0.2) is 42.3 Å². The van der Waals surface area contributed by atoms with Gasteiger partial charge in [-0.25, -0.2) is 0 Å². The Morgan fingerprint density at radius 2 is 2.19 bits per heavy atom. The van der Waals surface area contributed by atoms with Gasteiger partial charge in [-0.15, -0.1) is 0 Å². The molecule has 1 aliphatic heterocycles. The standard InChI is InChI=1S/C17H28N2O2/c1-13(2)19(12-15-6-4-5-9-18-15)11-14-7-8-16(20)17(10-14)21-3/h7-8,10,13,15,18,20H,4-6,9,11-12H2,1-3H3. The fourth-order valence-corrected chi connectivity index (χ4v) is 2.88. The summed E-state index contributed by atoms with van der Waals surface area (Å²) < 4.78 is 5.20. The average molecular weight is 292 g/mol. The fraction of sp³-hybridized carbons (Fsp3) is 0.647. The number of hydrogen-bond acceptors (Lipinski definition) is 4. The third-order valence-corrected chi connectivity index (χ3v) is 4.23. The van der Waals surface area contributed by atoms with E-state index in [2.05, 4.69) is 24.1 Å². The summed E-state index contributed by atoms with van der Waals surface area (Å²) in [5.41, 5.74) is 1.18. The smallest absolute Gasteiger partial charge is 0.160 e. The predicted molar refractivity (Wildman–Crippen MR) is 85.8 cm³/mol. The van der Waals surface area contributed by atoms with Gasteiger partial charge in [-0.05, 0) is 50.9 Å². The monoisotopic (exact) mass is 292 g/mol. The molecule has 2 N–H and O–H groups in total. The van der Waals surface area contributed by atoms with Crippen LogP contribution in [0.1, 0.15) is 38.7 Å². The van der Waals surface area contributed by atoms with Crippen LogP contribution in [0.4, 0.5) is 0 Å². The highest BCUT2D eigenvalue weighted by Gasteiger charge is 2.19. The third-order valence-electron chi connectivity index (χ3n) is 4.23. The summed E-state index contributed by atoms with van der Waals surface area (Å²) in [5.74, 6) is 0.748. The first-order valence-corrected chi connectivity index (χ1v) is 7.93. The van der Waals surface area contributed by atoms with Gasteiger partial charge in [-0.3, -0.25) is 4.90 Å². The average Bonchev–Trinajstić information content (AvgIpc) is 2.49. The molecule has 21 heavy (non-hydrogen) atoms. The van der Waals surface area contributed by atoms with Crippen LogP contribution in [0, 0.1) is 0 Å². The first-order chi connectivity index (χ1) is 10.1. The van der Waals surface area contributed by atoms with Crippen molar-refractivity contribution < 1.29 is 9.84 Å². The zero-order chi connectivity index (χ0) is 15.2. The number of nitrogens with one attached hydrogen (secondary N) is 1. The molecule has 0 saturated carbocycles. The predicted octanol–water partition coefficient (Wildman–Crippen LogP) is 2.75. The molecule has 4 nitrogen and oxygen atoms in total. The summed E-state index contributed by atoms with van der Waals surface area (Å²) in [6, 6.07) is 6.71. The topological polar surface area (TPSA) is 44.7 Å². The SMILES string of the molecule is COc1cc(CN(CC2CCCCN2)C(C)C)ccc1O. The van der Waals surface area contributed by atoms with Gasteiger partial charge in [0.25, 0.3) is 0 Å². The highest BCUT2D eigenvalue weighted by Crippen LogP contribution is 2.27. The summed E-state index contributed by atoms with van der Waals surface area (Å²) in [6.07, 6.45) is 3.89. The van der Waals surface area contributed by atoms with Crippen molar-refractivity contribution in [1.82, 2.24) is 10.2 Å². The minimum absolute atomic E-state index is 0.200. The summed E-state index contributed by atoms with van der Waals surface area (Å²) in [5, 5.41) is 13.3. The Morgan fingerprint density at radius 3 is 2.81 bits per heavy atom. The van der Waals surface area contributed by atoms with E-state index in [1.54, 1.807) is 13.2 Å². The second kappa shape index (κ2) is 7.66. The van der Waals surface area contributed by atoms with Crippen molar-refractivity contribution in [3.8, 4) is 11.5 Å². The van der Waals surface area contributed by atoms with Gasteiger partial charge in [-0.1, -0.05) is 12.5 Å². The van der Waals surface area contributed by atoms with Gasteiger partial charge in [-0.2, -0.15) is 0 Å². The Kier molecular flexibility index (Phi) is 5.88. The number of rotatable bonds is 6. The Hall–Kier alpha value is -1.26. The summed E-state index contributed by atoms with van der Waals surface area (Å²) in [7, 11) is 1.59. The van der Waals surface area contributed by atoms with Crippen molar-refractivity contribution in [2.75, 3.05) is 20.2 Å². The Balaban J connectivity index is 2.01. The number of phenols is 1. The summed E-state index contributed by atoms with van der Waals surface area (Å²) in [4.78, 5) is 2.48. The van der Waals surface area contributed by atoms with Crippen molar-refractivity contribution in [3.05, 3.63) is 23.8 Å². The molecular formula is C17H28N2O2. The van der Waals surface area contributed by atoms with Gasteiger partial charge in [0.15, 0.2) is 11.5 Å². The fourth-order valence-electron chi connectivity index (χ4n) is 2.88. The number of ether oxygens (including phenoxy) is 1. The van der Waals surface area contributed by atoms with Crippen LogP contribution in [0.5, 0.6) is 11.5 Å². The zero-order valence-corrected chi connectivity index (χ0v) is 13.4. The van der Waals surface area contributed by atoms with Crippen LogP contribution in [0.2, 0.25) is 0 Å². The molecule has 1 unspecified atom stereocenters. The van der Waals surface area contributed by atoms with Gasteiger partial charge in [0.05, 0.1) is 7.11 Å². The second-order valence-corrected chi connectivity index (χ2v) is 6.18. The van der Waals surface area contributed by atoms with E-state index in [0.717, 1.165) is 19.6 Å². The number of benzene rings is 1. The van der Waals surface area contributed by atoms with Crippen LogP contribution in [0.25, 0.3) is 0 Å². The minimum atomic E-state index is 0.200. The number of nitrogens with zero attached hydrogens (tertiary/aromatic N) is 1. The maximum Gasteiger partial charge on any atom is 0.160 e. The molecule has 0 bridgehead atoms. The molecule has 4 heteroatoms. The van der Waals surface area contributed by atoms with Crippen LogP contribution in [-0.2, 0) is 6.54 Å². The van der Waals surface area contributed by atoms with E-state index >= 15 is 0 Å². The number of hydrogen-bond donors (Lipinski definition) is 2. The minimum Gasteiger partial charge on any atom is -0.504 e. The van der Waals surface area contributed by atoms with E-state index < -0.39 is 0 Å². The molecule has 0 aliphatic carbocycles. The van der Waals surface area contributed by atoms with E-state index in [9.17, 15) is 5.11 Å². The maximum absolute atomic E-state index is 9.69. The molecule has 0 aromatic heterocycles. The molecule has 1 fully saturated rings. The van der Waals surface area contributed by atoms with Crippen LogP contribution in [0.15, 0.2) is 18.2 Å². The van der Waals surface area contributed by atoms with Gasteiger partial charge >= 0.3 is 0 Å². The molecule has 0 amide bonds. The van der Waals surface area contributed by atoms with Gasteiger partial charge in [0, 0.05) is 25.2 Å². The lowest BCUT2D eigenvalue weighted by Crippen LogP contribution is -2.45. The van der Waals surface area contributed by atoms with E-state index in [-0.39, 0.29) is 5.75 Å². The van der Waals surface area contributed by atoms with Gasteiger partial charge in [0.2, 0.25) is 0 Å². The molecule has 1 aliphatic rings. The number of aromatic hydroxyl groups is 1. The maximum atomic E-state index is 9.69. The Bertz CT molecular complexity index is 442. The van der Waals surface area contributed by atoms with Gasteiger partial charge in [0.1, 0.15) is 0 Å². The van der Waals surface area contributed by atoms with Crippen LogP contribution in [0.3, 0.4) is 0 Å². The third kappa shape index (κ3) is 4.61. The van der Waals surface area contributed by atoms with E-state index in [4.69, 9.17) is 4.74 Å². The molecule has 0 radical (unpaired) electrons. The van der Waals surface area contributed by atoms with Gasteiger partial charge < -0.3 is 15.2 Å². The van der Waals surface area contributed by atoms with E-state index in [1.807, 2.05) is 12.1 Å². The highest BCUT2D eigenvalue weighted by atomic mass is 16.5. The Morgan fingerprint density at radius 1 is 1.38 bits per heavy atom. The lowest BCUT2D eigenvalue weighted by Gasteiger charge is -2.33. The van der Waals surface area contributed by atoms with E-state index in [0.29, 0.717) is 17.8 Å². The number of phenolic OH excluding ortho intramolecular Hbond substituents is 1. The molecule has 118 valence electrons. The lowest BCUT2D eigenvalue weighted by atomic mass is 10.0. The van der Waals surface area contributed by atoms with Crippen LogP contribution >= 0.6 is 0 Å². The lowest BCUT2D eigenvalue weighted by molar-refractivity contribution is 0.177. The van der Waals surface area contributed by atoms with Crippen molar-refractivity contribution in [2.45, 2.75) is 51.7 Å². The summed E-state index contributed by atoms with van der Waals surface area (Å²) >= 11 is 0. The Labute approximate surface area is 128 Å². The first kappa shape index (κ1) is 16.1. The summed E-state index contributed by atoms with van der Waals surface area (Å²) in [6.45, 7) is 7.57. The largest absolute Gasteiger partial charge is 0.504 e. The molecule has 0 spiro atoms. The molecule has 1 atom stereocenters. The van der Waals surface area contributed by atoms with Crippen molar-refractivity contribution >= 4 is 0 Å². The molecule has 1 aromatic carbocycles. The first-order valence-electron chi connectivity index (χ1n) is 7.93. The molecule has 1 heterocycles. The van der Waals surface area contributed by atoms with Crippen LogP contribution < -0.4 is 10.1 Å². The second-order valence-electron chi connectivity index (χ2n) is 6.18. The van der Waals surface area contributed by atoms with Crippen molar-refractivity contribution in [3.63, 3.8) is 0 Å². The molecule has 2 rings (SSSR count). The quantitative estimate of drug-likeness (QED) is 0.846. The van der Waals surface area contributed by atoms with Crippen molar-refractivity contribution in [1.29, 1.82) is 0 Å². The molecule has 1 saturated heterocycles.